The van der Waals surface area contributed by atoms with Gasteiger partial charge in [0.05, 0.1) is 27.7 Å². The molecule has 0 rings (SSSR count). The molecule has 0 spiro atoms. The van der Waals surface area contributed by atoms with E-state index >= 15 is 0 Å². The molecule has 0 aromatic rings. The van der Waals surface area contributed by atoms with Gasteiger partial charge in [0.2, 0.25) is 0 Å². The van der Waals surface area contributed by atoms with E-state index in [1.165, 1.54) is 244 Å². The van der Waals surface area contributed by atoms with Crippen molar-refractivity contribution in [2.45, 2.75) is 341 Å². The summed E-state index contributed by atoms with van der Waals surface area (Å²) in [6, 6.07) is 0. The van der Waals surface area contributed by atoms with Crippen molar-refractivity contribution in [3.05, 3.63) is 48.6 Å². The minimum absolute atomic E-state index is 0.0348. The molecule has 10 heteroatoms. The van der Waals surface area contributed by atoms with E-state index in [9.17, 15) is 19.0 Å². The van der Waals surface area contributed by atoms with Gasteiger partial charge in [-0.25, -0.2) is 4.57 Å². The predicted octanol–water partition coefficient (Wildman–Crippen LogP) is 22.1. The van der Waals surface area contributed by atoms with Gasteiger partial charge in [-0.3, -0.25) is 18.6 Å². The number of hydrogen-bond donors (Lipinski definition) is 1. The summed E-state index contributed by atoms with van der Waals surface area (Å²) in [6.45, 7) is 4.39. The number of esters is 2. The maximum absolute atomic E-state index is 12.9. The minimum Gasteiger partial charge on any atom is -0.462 e. The van der Waals surface area contributed by atoms with Crippen LogP contribution < -0.4 is 0 Å². The van der Waals surface area contributed by atoms with E-state index in [0.717, 1.165) is 57.8 Å². The molecule has 2 unspecified atom stereocenters. The van der Waals surface area contributed by atoms with Crippen molar-refractivity contribution in [2.75, 3.05) is 47.5 Å². The number of allylic oxidation sites excluding steroid dienone is 8. The van der Waals surface area contributed by atoms with Crippen LogP contribution in [-0.2, 0) is 32.7 Å². The number of carbonyl (C=O) groups is 2. The highest BCUT2D eigenvalue weighted by Crippen LogP contribution is 2.43. The molecule has 2 atom stereocenters. The molecule has 0 aliphatic carbocycles. The maximum Gasteiger partial charge on any atom is 0.472 e. The standard InChI is InChI=1S/C70H132NO8P/c1-6-8-10-12-14-16-18-20-22-24-26-28-29-30-31-32-33-34-35-36-37-38-39-40-41-43-45-47-49-51-53-55-57-59-61-63-70(73)79-68(67-78-80(74,75)77-65-64-71(3,4)5)66-76-69(72)62-60-58-56-54-52-50-48-46-44-42-27-25-23-21-19-17-15-13-11-9-7-2/h8,10,14,16,20,22,26,28,68H,6-7,9,11-13,15,17-19,21,23-25,27,29-67H2,1-5H3/p+1/b10-8-,16-14-,22-20-,28-26-. The lowest BCUT2D eigenvalue weighted by atomic mass is 10.0. The van der Waals surface area contributed by atoms with E-state index in [1.54, 1.807) is 0 Å². The molecular weight excluding hydrogens is 1010 g/mol. The molecule has 0 saturated heterocycles. The Bertz CT molecular complexity index is 1490. The zero-order chi connectivity index (χ0) is 58.4. The number of phosphoric ester groups is 1. The monoisotopic (exact) mass is 1150 g/mol. The fraction of sp³-hybridized carbons (Fsp3) is 0.857. The third-order valence-corrected chi connectivity index (χ3v) is 16.4. The highest BCUT2D eigenvalue weighted by atomic mass is 31.2. The molecule has 470 valence electrons. The summed E-state index contributed by atoms with van der Waals surface area (Å²) >= 11 is 0. The summed E-state index contributed by atoms with van der Waals surface area (Å²) in [6.07, 6.45) is 79.3. The fourth-order valence-corrected chi connectivity index (χ4v) is 10.9. The molecule has 0 aliphatic rings. The second-order valence-corrected chi connectivity index (χ2v) is 26.0. The van der Waals surface area contributed by atoms with E-state index < -0.39 is 26.5 Å². The Kier molecular flexibility index (Phi) is 60.0. The van der Waals surface area contributed by atoms with Gasteiger partial charge in [0.1, 0.15) is 19.8 Å². The van der Waals surface area contributed by atoms with Crippen molar-refractivity contribution in [3.8, 4) is 0 Å². The normalized spacial score (nSPS) is 13.4. The number of likely N-dealkylation sites (N-methyl/N-ethyl adjacent to an activating group) is 1. The van der Waals surface area contributed by atoms with Crippen molar-refractivity contribution in [1.82, 2.24) is 0 Å². The Morgan fingerprint density at radius 1 is 0.400 bits per heavy atom. The van der Waals surface area contributed by atoms with E-state index in [2.05, 4.69) is 62.5 Å². The average Bonchev–Trinajstić information content (AvgIpc) is 3.42. The van der Waals surface area contributed by atoms with Crippen LogP contribution in [0.5, 0.6) is 0 Å². The molecule has 9 nitrogen and oxygen atoms in total. The van der Waals surface area contributed by atoms with Crippen LogP contribution in [0.15, 0.2) is 48.6 Å². The first-order valence-electron chi connectivity index (χ1n) is 34.4. The molecule has 0 aromatic heterocycles. The van der Waals surface area contributed by atoms with Crippen molar-refractivity contribution < 1.29 is 42.1 Å². The molecule has 0 fully saturated rings. The summed E-state index contributed by atoms with van der Waals surface area (Å²) in [5, 5.41) is 0. The third-order valence-electron chi connectivity index (χ3n) is 15.4. The van der Waals surface area contributed by atoms with Crippen molar-refractivity contribution in [1.29, 1.82) is 0 Å². The molecule has 0 aliphatic heterocycles. The molecule has 1 N–H and O–H groups in total. The van der Waals surface area contributed by atoms with Crippen LogP contribution in [-0.4, -0.2) is 74.9 Å². The highest BCUT2D eigenvalue weighted by Gasteiger charge is 2.27. The van der Waals surface area contributed by atoms with Gasteiger partial charge < -0.3 is 18.9 Å². The molecule has 0 saturated carbocycles. The summed E-state index contributed by atoms with van der Waals surface area (Å²) in [7, 11) is 1.50. The van der Waals surface area contributed by atoms with Crippen molar-refractivity contribution in [2.24, 2.45) is 0 Å². The third kappa shape index (κ3) is 65.1. The lowest BCUT2D eigenvalue weighted by molar-refractivity contribution is -0.870. The Morgan fingerprint density at radius 2 is 0.713 bits per heavy atom. The summed E-state index contributed by atoms with van der Waals surface area (Å²) < 4.78 is 34.7. The number of rotatable bonds is 64. The number of hydrogen-bond acceptors (Lipinski definition) is 7. The molecule has 80 heavy (non-hydrogen) atoms. The molecule has 0 radical (unpaired) electrons. The summed E-state index contributed by atoms with van der Waals surface area (Å²) in [4.78, 5) is 35.8. The first kappa shape index (κ1) is 78.0. The van der Waals surface area contributed by atoms with Gasteiger partial charge in [-0.15, -0.1) is 0 Å². The van der Waals surface area contributed by atoms with Crippen LogP contribution in [0.4, 0.5) is 0 Å². The first-order chi connectivity index (χ1) is 39.0. The zero-order valence-electron chi connectivity index (χ0n) is 53.6. The topological polar surface area (TPSA) is 108 Å². The number of carbonyl (C=O) groups excluding carboxylic acids is 2. The van der Waals surface area contributed by atoms with Gasteiger partial charge in [0.15, 0.2) is 6.10 Å². The Hall–Kier alpha value is -2.03. The number of nitrogens with zero attached hydrogens (tertiary/aromatic N) is 1. The van der Waals surface area contributed by atoms with Gasteiger partial charge in [-0.1, -0.05) is 319 Å². The number of unbranched alkanes of at least 4 members (excludes halogenated alkanes) is 42. The van der Waals surface area contributed by atoms with E-state index in [1.807, 2.05) is 21.1 Å². The lowest BCUT2D eigenvalue weighted by Gasteiger charge is -2.24. The Labute approximate surface area is 496 Å². The zero-order valence-corrected chi connectivity index (χ0v) is 54.5. The second-order valence-electron chi connectivity index (χ2n) is 24.5. The number of ether oxygens (including phenoxy) is 2. The maximum atomic E-state index is 12.9. The van der Waals surface area contributed by atoms with E-state index in [0.29, 0.717) is 23.9 Å². The SMILES string of the molecule is CC/C=C\C/C=C\C/C=C\C/C=C\CCCCCCCCCCCCCCCCCCCCCCCCC(=O)OC(COC(=O)CCCCCCCCCCCCCCCCCCCCCCC)COP(=O)(O)OCC[N+](C)(C)C. The van der Waals surface area contributed by atoms with Gasteiger partial charge in [-0.2, -0.15) is 0 Å². The minimum atomic E-state index is -4.39. The number of quaternary nitrogens is 1. The van der Waals surface area contributed by atoms with Crippen LogP contribution >= 0.6 is 7.82 Å². The van der Waals surface area contributed by atoms with E-state index in [-0.39, 0.29) is 25.6 Å². The lowest BCUT2D eigenvalue weighted by Crippen LogP contribution is -2.37. The van der Waals surface area contributed by atoms with Gasteiger partial charge in [-0.05, 0) is 51.4 Å². The van der Waals surface area contributed by atoms with Crippen LogP contribution in [0.1, 0.15) is 335 Å². The fourth-order valence-electron chi connectivity index (χ4n) is 10.1. The van der Waals surface area contributed by atoms with Crippen molar-refractivity contribution in [3.63, 3.8) is 0 Å². The molecular formula is C70H133NO8P+. The Balaban J connectivity index is 3.97. The van der Waals surface area contributed by atoms with E-state index in [4.69, 9.17) is 18.5 Å². The average molecular weight is 1150 g/mol. The number of phosphoric acid groups is 1. The van der Waals surface area contributed by atoms with Gasteiger partial charge in [0.25, 0.3) is 0 Å². The smallest absolute Gasteiger partial charge is 0.462 e. The van der Waals surface area contributed by atoms with Crippen LogP contribution in [0, 0.1) is 0 Å². The van der Waals surface area contributed by atoms with Gasteiger partial charge >= 0.3 is 19.8 Å². The molecule has 0 bridgehead atoms. The first-order valence-corrected chi connectivity index (χ1v) is 35.9. The summed E-state index contributed by atoms with van der Waals surface area (Å²) in [5.41, 5.74) is 0. The molecule has 0 heterocycles. The molecule has 0 amide bonds. The second kappa shape index (κ2) is 61.5. The van der Waals surface area contributed by atoms with Crippen LogP contribution in [0.3, 0.4) is 0 Å². The highest BCUT2D eigenvalue weighted by molar-refractivity contribution is 7.47. The Morgan fingerprint density at radius 3 is 1.06 bits per heavy atom. The van der Waals surface area contributed by atoms with Crippen LogP contribution in [0.25, 0.3) is 0 Å². The van der Waals surface area contributed by atoms with Gasteiger partial charge in [0, 0.05) is 12.8 Å². The van der Waals surface area contributed by atoms with Crippen LogP contribution in [0.2, 0.25) is 0 Å². The molecule has 0 aromatic carbocycles. The van der Waals surface area contributed by atoms with Crippen molar-refractivity contribution >= 4 is 19.8 Å². The quantitative estimate of drug-likeness (QED) is 0.0211. The predicted molar refractivity (Wildman–Crippen MR) is 344 cm³/mol. The largest absolute Gasteiger partial charge is 0.472 e. The summed E-state index contributed by atoms with van der Waals surface area (Å²) in [5.74, 6) is -0.775.